The fourth-order valence-electron chi connectivity index (χ4n) is 6.19. The number of anilines is 8. The van der Waals surface area contributed by atoms with Crippen LogP contribution in [0, 0.1) is 19.9 Å². The standard InChI is InChI=1S/C40H40N10O15S5.5Na/c1-4-7-35-45-38(50-40(46-35)44-32-22-30(68(57,58)59)17-10-24(32)2)42-29-16-14-26(34(21-29)70(63,64)65-3)12-11-25-13-15-28(20-27(25)23-67(54,55)56)41-37-47-36(18-19-66(51,52)53)48-39(49-37)43-31-8-5-6-9-33(31)69(60,61)62;;;;;/h6,8-17,20-22H,1,4,7,18-19,23H2,2-3H3,(H,51,52,53)(H,54,55,56)(H,57,58,59)(H,60,61,62)(H2,41,43,47,48,49)(H2,42,44,45,46,50);;;;;/q-2;5*+1/p-3/b12-11+;;;;;. The van der Waals surface area contributed by atoms with Crippen molar-refractivity contribution in [3.63, 3.8) is 0 Å². The molecule has 2 heterocycles. The quantitative estimate of drug-likeness (QED) is 0.0147. The molecule has 2 aromatic heterocycles. The van der Waals surface area contributed by atoms with Crippen LogP contribution in [0.15, 0.2) is 87.5 Å². The molecular weight excluding hydrogens is 1140 g/mol. The van der Waals surface area contributed by atoms with Crippen LogP contribution >= 0.6 is 0 Å². The Morgan fingerprint density at radius 1 is 0.627 bits per heavy atom. The van der Waals surface area contributed by atoms with E-state index in [0.717, 1.165) is 37.4 Å². The third-order valence-electron chi connectivity index (χ3n) is 9.36. The van der Waals surface area contributed by atoms with E-state index in [0.29, 0.717) is 12.0 Å². The molecule has 75 heavy (non-hydrogen) atoms. The molecule has 0 bridgehead atoms. The van der Waals surface area contributed by atoms with Crippen molar-refractivity contribution in [2.24, 2.45) is 0 Å². The molecule has 0 saturated heterocycles. The van der Waals surface area contributed by atoms with E-state index < -0.39 is 84.3 Å². The Kier molecular flexibility index (Phi) is 28.8. The van der Waals surface area contributed by atoms with Gasteiger partial charge in [0.05, 0.1) is 22.1 Å². The summed E-state index contributed by atoms with van der Waals surface area (Å²) in [5.41, 5.74) is 0.785. The fraction of sp³-hybridized carbons (Fsp3) is 0.175. The molecule has 0 spiro atoms. The van der Waals surface area contributed by atoms with Gasteiger partial charge in [-0.1, -0.05) is 36.0 Å². The number of benzene rings is 4. The summed E-state index contributed by atoms with van der Waals surface area (Å²) in [6.07, 6.45) is 2.76. The molecule has 6 aromatic rings. The van der Waals surface area contributed by atoms with Crippen LogP contribution < -0.4 is 169 Å². The fourth-order valence-corrected chi connectivity index (χ4v) is 9.25. The summed E-state index contributed by atoms with van der Waals surface area (Å²) in [5, 5.41) is 11.1. The number of hydrogen-bond acceptors (Lipinski definition) is 24. The van der Waals surface area contributed by atoms with Crippen molar-refractivity contribution in [1.82, 2.24) is 29.9 Å². The van der Waals surface area contributed by atoms with Crippen LogP contribution in [-0.4, -0.2) is 103 Å². The van der Waals surface area contributed by atoms with Gasteiger partial charge in [-0.15, -0.1) is 0 Å². The summed E-state index contributed by atoms with van der Waals surface area (Å²) in [7, 11) is -22.9. The molecule has 4 aromatic carbocycles. The van der Waals surface area contributed by atoms with Gasteiger partial charge in [-0.2, -0.15) is 77.4 Å². The maximum Gasteiger partial charge on any atom is 1.00 e. The van der Waals surface area contributed by atoms with Crippen molar-refractivity contribution in [3.05, 3.63) is 120 Å². The molecule has 0 saturated carbocycles. The smallest absolute Gasteiger partial charge is 0.748 e. The van der Waals surface area contributed by atoms with E-state index in [1.165, 1.54) is 54.6 Å². The van der Waals surface area contributed by atoms with Crippen LogP contribution in [0.1, 0.15) is 40.3 Å². The van der Waals surface area contributed by atoms with Gasteiger partial charge in [0.2, 0.25) is 23.8 Å². The van der Waals surface area contributed by atoms with Gasteiger partial charge in [-0.25, -0.2) is 25.3 Å². The Bertz CT molecular complexity index is 3610. The minimum atomic E-state index is -5.02. The molecule has 0 fully saturated rings. The Morgan fingerprint density at radius 2 is 1.15 bits per heavy atom. The molecule has 0 unspecified atom stereocenters. The van der Waals surface area contributed by atoms with E-state index in [4.69, 9.17) is 4.18 Å². The van der Waals surface area contributed by atoms with Crippen molar-refractivity contribution >= 4 is 109 Å². The molecular formula is C40H37N10Na5O15S5. The van der Waals surface area contributed by atoms with E-state index in [-0.39, 0.29) is 228 Å². The van der Waals surface area contributed by atoms with Crippen LogP contribution in [0.3, 0.4) is 0 Å². The minimum absolute atomic E-state index is 0. The van der Waals surface area contributed by atoms with Gasteiger partial charge < -0.3 is 41.8 Å². The summed E-state index contributed by atoms with van der Waals surface area (Å²) in [4.78, 5) is 23.7. The second-order valence-electron chi connectivity index (χ2n) is 14.6. The molecule has 0 aliphatic heterocycles. The first-order valence-corrected chi connectivity index (χ1v) is 27.1. The van der Waals surface area contributed by atoms with E-state index >= 15 is 0 Å². The number of rotatable bonds is 21. The first kappa shape index (κ1) is 71.4. The number of aryl methyl sites for hydroxylation is 3. The number of nitrogens with zero attached hydrogens (tertiary/aromatic N) is 6. The average molecular weight is 1170 g/mol. The van der Waals surface area contributed by atoms with E-state index in [1.54, 1.807) is 6.92 Å². The normalized spacial score (nSPS) is 11.7. The van der Waals surface area contributed by atoms with Crippen molar-refractivity contribution in [1.29, 1.82) is 0 Å². The van der Waals surface area contributed by atoms with Crippen LogP contribution in [0.25, 0.3) is 12.2 Å². The van der Waals surface area contributed by atoms with E-state index in [2.05, 4.69) is 64.2 Å². The number of aromatic nitrogens is 6. The third kappa shape index (κ3) is 21.8. The van der Waals surface area contributed by atoms with Crippen molar-refractivity contribution in [3.8, 4) is 0 Å². The maximum atomic E-state index is 13.3. The SMILES string of the molecule is [CH2-]CCc1nc(Nc2ccc(/C=C/c3ccc(Nc4nc(CCS(=O)(=O)[O-])nc(Nc5c[c-]ccc5S(=O)(=O)[O-])n4)cc3CS(=O)(=O)O)c(S(=O)(=O)OC)c2)nc(Nc2cc(S(=O)(=O)[O-])ccc2C)n1.[Na+].[Na+].[Na+].[Na+].[Na+]. The molecule has 5 N–H and O–H groups in total. The predicted molar refractivity (Wildman–Crippen MR) is 248 cm³/mol. The summed E-state index contributed by atoms with van der Waals surface area (Å²) >= 11 is 0. The molecule has 0 aliphatic carbocycles. The molecule has 35 heteroatoms. The third-order valence-corrected chi connectivity index (χ3v) is 13.8. The monoisotopic (exact) mass is 1170 g/mol. The van der Waals surface area contributed by atoms with Crippen LogP contribution in [0.2, 0.25) is 0 Å². The summed E-state index contributed by atoms with van der Waals surface area (Å²) in [6, 6.07) is 17.6. The zero-order chi connectivity index (χ0) is 51.2. The van der Waals surface area contributed by atoms with E-state index in [1.807, 2.05) is 0 Å². The van der Waals surface area contributed by atoms with Crippen molar-refractivity contribution < 1.29 is 212 Å². The van der Waals surface area contributed by atoms with Gasteiger partial charge in [-0.05, 0) is 76.9 Å². The summed E-state index contributed by atoms with van der Waals surface area (Å²) in [5.74, 6) is -2.83. The van der Waals surface area contributed by atoms with Crippen LogP contribution in [-0.2, 0) is 73.4 Å². The minimum Gasteiger partial charge on any atom is -0.748 e. The summed E-state index contributed by atoms with van der Waals surface area (Å²) in [6.45, 7) is 5.46. The van der Waals surface area contributed by atoms with Crippen molar-refractivity contribution in [2.45, 2.75) is 46.6 Å². The second-order valence-corrected chi connectivity index (χ2v) is 22.0. The zero-order valence-corrected chi connectivity index (χ0v) is 55.3. The first-order valence-electron chi connectivity index (χ1n) is 19.7. The van der Waals surface area contributed by atoms with E-state index in [9.17, 15) is 60.3 Å². The Balaban J connectivity index is 0.00000562. The Morgan fingerprint density at radius 3 is 1.67 bits per heavy atom. The number of hydrogen-bond donors (Lipinski definition) is 5. The van der Waals surface area contributed by atoms with Crippen LogP contribution in [0.5, 0.6) is 0 Å². The second kappa shape index (κ2) is 30.3. The first-order chi connectivity index (χ1) is 32.7. The molecule has 0 atom stereocenters. The van der Waals surface area contributed by atoms with Gasteiger partial charge in [0.15, 0.2) is 0 Å². The average Bonchev–Trinajstić information content (AvgIpc) is 3.25. The van der Waals surface area contributed by atoms with Gasteiger partial charge >= 0.3 is 148 Å². The molecule has 0 amide bonds. The van der Waals surface area contributed by atoms with Gasteiger partial charge in [0, 0.05) is 29.2 Å². The molecule has 0 radical (unpaired) electrons. The number of nitrogens with one attached hydrogen (secondary N) is 4. The molecule has 6 rings (SSSR count). The van der Waals surface area contributed by atoms with Crippen molar-refractivity contribution in [2.75, 3.05) is 34.1 Å². The van der Waals surface area contributed by atoms with Gasteiger partial charge in [0.1, 0.15) is 42.5 Å². The largest absolute Gasteiger partial charge is 1.00 e. The van der Waals surface area contributed by atoms with Gasteiger partial charge in [-0.3, -0.25) is 8.74 Å². The Hall–Kier alpha value is -1.61. The zero-order valence-electron chi connectivity index (χ0n) is 41.2. The summed E-state index contributed by atoms with van der Waals surface area (Å²) < 4.78 is 171. The Labute approximate surface area is 544 Å². The maximum absolute atomic E-state index is 13.3. The molecule has 372 valence electrons. The topological polar surface area (TPSA) is 395 Å². The predicted octanol–water partition coefficient (Wildman–Crippen LogP) is -11.3. The molecule has 0 aliphatic rings. The van der Waals surface area contributed by atoms with Crippen LogP contribution in [0.4, 0.5) is 46.5 Å². The van der Waals surface area contributed by atoms with Gasteiger partial charge in [0.25, 0.3) is 20.2 Å². The molecule has 25 nitrogen and oxygen atoms in total.